The molecule has 0 aromatic heterocycles. The van der Waals surface area contributed by atoms with Gasteiger partial charge in [0.05, 0.1) is 25.3 Å². The fourth-order valence-corrected chi connectivity index (χ4v) is 4.03. The molecule has 3 amide bonds. The molecule has 0 radical (unpaired) electrons. The molecule has 1 fully saturated rings. The third-order valence-corrected chi connectivity index (χ3v) is 6.21. The van der Waals surface area contributed by atoms with Crippen molar-refractivity contribution in [2.75, 3.05) is 7.11 Å². The first kappa shape index (κ1) is 24.0. The van der Waals surface area contributed by atoms with Crippen LogP contribution in [0.2, 0.25) is 0 Å². The Balaban J connectivity index is 1.54. The maximum absolute atomic E-state index is 12.9. The molecule has 1 aliphatic heterocycles. The summed E-state index contributed by atoms with van der Waals surface area (Å²) in [5, 5.41) is 11.9. The number of nitrogens with one attached hydrogen (secondary N) is 1. The predicted molar refractivity (Wildman–Crippen MR) is 134 cm³/mol. The Hall–Kier alpha value is -4.09. The molecule has 0 unspecified atom stereocenters. The molecule has 35 heavy (non-hydrogen) atoms. The van der Waals surface area contributed by atoms with E-state index in [9.17, 15) is 14.9 Å². The van der Waals surface area contributed by atoms with Crippen molar-refractivity contribution in [1.82, 2.24) is 10.2 Å². The SMILES string of the molecule is COc1cc(/C=C2/NC(=O)N(Cc3ccc(C)cc3)C2=O)c(Br)cc1OCc1ccccc1C#N. The first-order valence-corrected chi connectivity index (χ1v) is 11.6. The van der Waals surface area contributed by atoms with Crippen molar-refractivity contribution in [2.24, 2.45) is 0 Å². The number of hydrogen-bond donors (Lipinski definition) is 1. The average Bonchev–Trinajstić information content (AvgIpc) is 3.12. The first-order valence-electron chi connectivity index (χ1n) is 10.8. The average molecular weight is 532 g/mol. The molecule has 0 spiro atoms. The number of carbonyl (C=O) groups excluding carboxylic acids is 2. The Morgan fingerprint density at radius 2 is 1.83 bits per heavy atom. The Morgan fingerprint density at radius 3 is 2.54 bits per heavy atom. The fourth-order valence-electron chi connectivity index (χ4n) is 3.59. The third-order valence-electron chi connectivity index (χ3n) is 5.53. The van der Waals surface area contributed by atoms with Crippen LogP contribution in [0.4, 0.5) is 4.79 Å². The zero-order valence-electron chi connectivity index (χ0n) is 19.2. The molecule has 8 heteroatoms. The number of carbonyl (C=O) groups is 2. The summed E-state index contributed by atoms with van der Waals surface area (Å²) >= 11 is 3.51. The lowest BCUT2D eigenvalue weighted by atomic mass is 10.1. The number of ether oxygens (including phenoxy) is 2. The quantitative estimate of drug-likeness (QED) is 0.329. The van der Waals surface area contributed by atoms with Crippen LogP contribution in [-0.2, 0) is 17.9 Å². The normalized spacial score (nSPS) is 14.1. The van der Waals surface area contributed by atoms with Gasteiger partial charge in [-0.15, -0.1) is 0 Å². The lowest BCUT2D eigenvalue weighted by Crippen LogP contribution is -2.30. The van der Waals surface area contributed by atoms with E-state index < -0.39 is 11.9 Å². The van der Waals surface area contributed by atoms with Crippen LogP contribution in [0.3, 0.4) is 0 Å². The zero-order chi connectivity index (χ0) is 24.9. The Morgan fingerprint density at radius 1 is 1.09 bits per heavy atom. The van der Waals surface area contributed by atoms with Crippen molar-refractivity contribution in [3.8, 4) is 17.6 Å². The Labute approximate surface area is 211 Å². The second-order valence-corrected chi connectivity index (χ2v) is 8.80. The maximum Gasteiger partial charge on any atom is 0.329 e. The molecule has 0 aliphatic carbocycles. The van der Waals surface area contributed by atoms with Crippen LogP contribution in [0.1, 0.15) is 27.8 Å². The van der Waals surface area contributed by atoms with Crippen molar-refractivity contribution in [2.45, 2.75) is 20.1 Å². The van der Waals surface area contributed by atoms with Crippen molar-refractivity contribution in [3.05, 3.63) is 98.7 Å². The Bertz CT molecular complexity index is 1360. The number of rotatable bonds is 7. The number of methoxy groups -OCH3 is 1. The molecule has 3 aromatic carbocycles. The van der Waals surface area contributed by atoms with Gasteiger partial charge in [-0.05, 0) is 42.3 Å². The summed E-state index contributed by atoms with van der Waals surface area (Å²) in [6, 6.07) is 20.0. The molecule has 3 aromatic rings. The van der Waals surface area contributed by atoms with Crippen LogP contribution in [0.5, 0.6) is 11.5 Å². The fraction of sp³-hybridized carbons (Fsp3) is 0.148. The number of aryl methyl sites for hydroxylation is 1. The maximum atomic E-state index is 12.9. The highest BCUT2D eigenvalue weighted by molar-refractivity contribution is 9.10. The van der Waals surface area contributed by atoms with Gasteiger partial charge < -0.3 is 14.8 Å². The van der Waals surface area contributed by atoms with Crippen molar-refractivity contribution in [1.29, 1.82) is 5.26 Å². The second kappa shape index (κ2) is 10.5. The number of imide groups is 1. The molecule has 0 saturated carbocycles. The zero-order valence-corrected chi connectivity index (χ0v) is 20.8. The molecular weight excluding hydrogens is 510 g/mol. The molecule has 1 saturated heterocycles. The molecule has 1 heterocycles. The first-order chi connectivity index (χ1) is 16.9. The van der Waals surface area contributed by atoms with Gasteiger partial charge in [-0.1, -0.05) is 64.0 Å². The molecule has 0 atom stereocenters. The van der Waals surface area contributed by atoms with E-state index in [-0.39, 0.29) is 18.8 Å². The number of amides is 3. The summed E-state index contributed by atoms with van der Waals surface area (Å²) in [5.74, 6) is 0.509. The van der Waals surface area contributed by atoms with Crippen LogP contribution in [0, 0.1) is 18.3 Å². The van der Waals surface area contributed by atoms with Crippen LogP contribution in [-0.4, -0.2) is 23.9 Å². The number of halogens is 1. The van der Waals surface area contributed by atoms with Crippen LogP contribution in [0.25, 0.3) is 6.08 Å². The molecule has 1 aliphatic rings. The number of nitrogens with zero attached hydrogens (tertiary/aromatic N) is 2. The summed E-state index contributed by atoms with van der Waals surface area (Å²) in [7, 11) is 1.52. The second-order valence-electron chi connectivity index (χ2n) is 7.95. The van der Waals surface area contributed by atoms with E-state index in [2.05, 4.69) is 27.3 Å². The van der Waals surface area contributed by atoms with Gasteiger partial charge in [-0.3, -0.25) is 9.69 Å². The molecule has 176 valence electrons. The topological polar surface area (TPSA) is 91.7 Å². The van der Waals surface area contributed by atoms with E-state index in [1.54, 1.807) is 30.3 Å². The van der Waals surface area contributed by atoms with E-state index in [1.165, 1.54) is 12.0 Å². The van der Waals surface area contributed by atoms with E-state index >= 15 is 0 Å². The van der Waals surface area contributed by atoms with Crippen molar-refractivity contribution in [3.63, 3.8) is 0 Å². The predicted octanol–water partition coefficient (Wildman–Crippen LogP) is 5.31. The van der Waals surface area contributed by atoms with Crippen LogP contribution >= 0.6 is 15.9 Å². The summed E-state index contributed by atoms with van der Waals surface area (Å²) < 4.78 is 12.1. The van der Waals surface area contributed by atoms with Gasteiger partial charge in [-0.2, -0.15) is 5.26 Å². The smallest absolute Gasteiger partial charge is 0.329 e. The van der Waals surface area contributed by atoms with Gasteiger partial charge in [0.25, 0.3) is 5.91 Å². The molecular formula is C27H22BrN3O4. The summed E-state index contributed by atoms with van der Waals surface area (Å²) in [6.45, 7) is 2.35. The summed E-state index contributed by atoms with van der Waals surface area (Å²) in [6.07, 6.45) is 1.59. The van der Waals surface area contributed by atoms with E-state index in [1.807, 2.05) is 43.3 Å². The van der Waals surface area contributed by atoms with Crippen molar-refractivity contribution < 1.29 is 19.1 Å². The standard InChI is InChI=1S/C27H22BrN3O4/c1-17-7-9-18(10-8-17)15-31-26(32)23(30-27(31)33)11-21-12-24(34-2)25(13-22(21)28)35-16-20-6-4-3-5-19(20)14-29/h3-13H,15-16H2,1-2H3,(H,30,33)/b23-11+. The highest BCUT2D eigenvalue weighted by Crippen LogP contribution is 2.35. The van der Waals surface area contributed by atoms with Gasteiger partial charge in [0.1, 0.15) is 12.3 Å². The summed E-state index contributed by atoms with van der Waals surface area (Å²) in [4.78, 5) is 26.6. The van der Waals surface area contributed by atoms with E-state index in [0.717, 1.165) is 16.7 Å². The highest BCUT2D eigenvalue weighted by Gasteiger charge is 2.33. The van der Waals surface area contributed by atoms with Gasteiger partial charge in [0.2, 0.25) is 0 Å². The lowest BCUT2D eigenvalue weighted by molar-refractivity contribution is -0.123. The third kappa shape index (κ3) is 5.36. The number of hydrogen-bond acceptors (Lipinski definition) is 5. The minimum atomic E-state index is -0.471. The largest absolute Gasteiger partial charge is 0.493 e. The van der Waals surface area contributed by atoms with Crippen LogP contribution in [0.15, 0.2) is 70.8 Å². The molecule has 0 bridgehead atoms. The summed E-state index contributed by atoms with van der Waals surface area (Å²) in [5.41, 5.74) is 4.06. The number of benzene rings is 3. The van der Waals surface area contributed by atoms with Crippen molar-refractivity contribution >= 4 is 33.9 Å². The lowest BCUT2D eigenvalue weighted by Gasteiger charge is -2.14. The van der Waals surface area contributed by atoms with Gasteiger partial charge in [0.15, 0.2) is 11.5 Å². The number of urea groups is 1. The Kier molecular flexibility index (Phi) is 7.18. The van der Waals surface area contributed by atoms with E-state index in [4.69, 9.17) is 9.47 Å². The van der Waals surface area contributed by atoms with Gasteiger partial charge >= 0.3 is 6.03 Å². The molecule has 7 nitrogen and oxygen atoms in total. The van der Waals surface area contributed by atoms with Gasteiger partial charge in [-0.25, -0.2) is 4.79 Å². The molecule has 4 rings (SSSR count). The molecule has 1 N–H and O–H groups in total. The van der Waals surface area contributed by atoms with E-state index in [0.29, 0.717) is 27.1 Å². The van der Waals surface area contributed by atoms with Gasteiger partial charge in [0, 0.05) is 10.0 Å². The monoisotopic (exact) mass is 531 g/mol. The number of nitriles is 1. The minimum Gasteiger partial charge on any atom is -0.493 e. The highest BCUT2D eigenvalue weighted by atomic mass is 79.9. The minimum absolute atomic E-state index is 0.168. The van der Waals surface area contributed by atoms with Crippen LogP contribution < -0.4 is 14.8 Å².